The zero-order valence-corrected chi connectivity index (χ0v) is 16.8. The molecule has 8 heteroatoms. The molecule has 1 aliphatic heterocycles. The van der Waals surface area contributed by atoms with Crippen molar-refractivity contribution in [2.45, 2.75) is 31.1 Å². The number of anilines is 1. The van der Waals surface area contributed by atoms with E-state index in [9.17, 15) is 13.2 Å². The van der Waals surface area contributed by atoms with Crippen LogP contribution in [0.3, 0.4) is 0 Å². The van der Waals surface area contributed by atoms with E-state index >= 15 is 0 Å². The molecule has 3 rings (SSSR count). The lowest BCUT2D eigenvalue weighted by molar-refractivity contribution is 0.102. The van der Waals surface area contributed by atoms with E-state index in [0.29, 0.717) is 34.4 Å². The lowest BCUT2D eigenvalue weighted by atomic mass is 10.2. The highest BCUT2D eigenvalue weighted by molar-refractivity contribution is 9.10. The highest BCUT2D eigenvalue weighted by atomic mass is 79.9. The van der Waals surface area contributed by atoms with Gasteiger partial charge in [-0.15, -0.1) is 0 Å². The van der Waals surface area contributed by atoms with Gasteiger partial charge in [0.1, 0.15) is 0 Å². The number of piperidine rings is 1. The fourth-order valence-electron chi connectivity index (χ4n) is 2.94. The fourth-order valence-corrected chi connectivity index (χ4v) is 5.07. The van der Waals surface area contributed by atoms with Gasteiger partial charge in [-0.1, -0.05) is 12.5 Å². The number of carbonyl (C=O) groups excluding carboxylic acids is 1. The molecule has 0 bridgehead atoms. The van der Waals surface area contributed by atoms with Crippen LogP contribution >= 0.6 is 15.9 Å². The minimum Gasteiger partial charge on any atom is -0.322 e. The lowest BCUT2D eigenvalue weighted by Gasteiger charge is -2.26. The number of nitrogens with zero attached hydrogens (tertiary/aromatic N) is 2. The largest absolute Gasteiger partial charge is 0.322 e. The molecular formula is C18H20BrN3O3S. The maximum absolute atomic E-state index is 13.0. The first-order valence-corrected chi connectivity index (χ1v) is 10.6. The second kappa shape index (κ2) is 7.85. The van der Waals surface area contributed by atoms with Crippen molar-refractivity contribution in [3.8, 4) is 0 Å². The quantitative estimate of drug-likeness (QED) is 0.792. The third-order valence-electron chi connectivity index (χ3n) is 4.35. The molecule has 26 heavy (non-hydrogen) atoms. The van der Waals surface area contributed by atoms with Crippen LogP contribution in [0.2, 0.25) is 0 Å². The van der Waals surface area contributed by atoms with E-state index in [-0.39, 0.29) is 10.8 Å². The molecule has 0 spiro atoms. The van der Waals surface area contributed by atoms with Crippen LogP contribution in [0, 0.1) is 6.92 Å². The summed E-state index contributed by atoms with van der Waals surface area (Å²) in [4.78, 5) is 16.6. The Labute approximate surface area is 161 Å². The number of hydrogen-bond donors (Lipinski definition) is 1. The maximum atomic E-state index is 13.0. The SMILES string of the molecule is Cc1ccc(NC(=O)c2cncc(Br)c2)cc1S(=O)(=O)N1CCCCC1. The monoisotopic (exact) mass is 437 g/mol. The van der Waals surface area contributed by atoms with Crippen LogP contribution in [0.5, 0.6) is 0 Å². The summed E-state index contributed by atoms with van der Waals surface area (Å²) in [5.41, 5.74) is 1.49. The standard InChI is InChI=1S/C18H20BrN3O3S/c1-13-5-6-16(21-18(23)14-9-15(19)12-20-11-14)10-17(13)26(24,25)22-7-3-2-4-8-22/h5-6,9-12H,2-4,7-8H2,1H3,(H,21,23). The molecule has 0 radical (unpaired) electrons. The van der Waals surface area contributed by atoms with E-state index < -0.39 is 10.0 Å². The Hall–Kier alpha value is -1.77. The van der Waals surface area contributed by atoms with Gasteiger partial charge in [0.2, 0.25) is 10.0 Å². The molecule has 0 aliphatic carbocycles. The first-order chi connectivity index (χ1) is 12.4. The van der Waals surface area contributed by atoms with E-state index in [0.717, 1.165) is 19.3 Å². The van der Waals surface area contributed by atoms with E-state index in [1.54, 1.807) is 31.3 Å². The molecule has 1 aromatic heterocycles. The number of halogens is 1. The Kier molecular flexibility index (Phi) is 5.74. The zero-order chi connectivity index (χ0) is 18.7. The summed E-state index contributed by atoms with van der Waals surface area (Å²) in [6.45, 7) is 2.85. The Bertz CT molecular complexity index is 925. The highest BCUT2D eigenvalue weighted by Gasteiger charge is 2.27. The number of sulfonamides is 1. The molecule has 138 valence electrons. The predicted octanol–water partition coefficient (Wildman–Crippen LogP) is 3.58. The summed E-state index contributed by atoms with van der Waals surface area (Å²) in [6.07, 6.45) is 5.86. The van der Waals surface area contributed by atoms with Gasteiger partial charge in [0.15, 0.2) is 0 Å². The first kappa shape index (κ1) is 19.0. The molecular weight excluding hydrogens is 418 g/mol. The van der Waals surface area contributed by atoms with Gasteiger partial charge in [-0.25, -0.2) is 8.42 Å². The normalized spacial score (nSPS) is 15.6. The van der Waals surface area contributed by atoms with Gasteiger partial charge >= 0.3 is 0 Å². The smallest absolute Gasteiger partial charge is 0.257 e. The topological polar surface area (TPSA) is 79.4 Å². The number of nitrogens with one attached hydrogen (secondary N) is 1. The Morgan fingerprint density at radius 2 is 1.88 bits per heavy atom. The van der Waals surface area contributed by atoms with Crippen molar-refractivity contribution in [2.24, 2.45) is 0 Å². The molecule has 0 saturated carbocycles. The van der Waals surface area contributed by atoms with Crippen molar-refractivity contribution in [1.29, 1.82) is 0 Å². The van der Waals surface area contributed by atoms with Crippen molar-refractivity contribution >= 4 is 37.5 Å². The fraction of sp³-hybridized carbons (Fsp3) is 0.333. The van der Waals surface area contributed by atoms with Crippen LogP contribution in [-0.4, -0.2) is 36.7 Å². The molecule has 1 fully saturated rings. The van der Waals surface area contributed by atoms with Crippen molar-refractivity contribution in [3.63, 3.8) is 0 Å². The van der Waals surface area contributed by atoms with Crippen molar-refractivity contribution in [3.05, 3.63) is 52.3 Å². The summed E-state index contributed by atoms with van der Waals surface area (Å²) < 4.78 is 28.1. The van der Waals surface area contributed by atoms with Crippen LogP contribution in [0.25, 0.3) is 0 Å². The van der Waals surface area contributed by atoms with Gasteiger partial charge < -0.3 is 5.32 Å². The minimum absolute atomic E-state index is 0.240. The zero-order valence-electron chi connectivity index (χ0n) is 14.4. The molecule has 2 heterocycles. The van der Waals surface area contributed by atoms with Crippen LogP contribution in [-0.2, 0) is 10.0 Å². The first-order valence-electron chi connectivity index (χ1n) is 8.40. The number of amides is 1. The van der Waals surface area contributed by atoms with Crippen LogP contribution in [0.1, 0.15) is 35.2 Å². The number of carbonyl (C=O) groups is 1. The summed E-state index contributed by atoms with van der Waals surface area (Å²) in [5, 5.41) is 2.75. The van der Waals surface area contributed by atoms with Crippen molar-refractivity contribution in [2.75, 3.05) is 18.4 Å². The average Bonchev–Trinajstić information content (AvgIpc) is 2.64. The predicted molar refractivity (Wildman–Crippen MR) is 104 cm³/mol. The second-order valence-corrected chi connectivity index (χ2v) is 9.11. The van der Waals surface area contributed by atoms with Gasteiger partial charge in [-0.2, -0.15) is 4.31 Å². The van der Waals surface area contributed by atoms with E-state index in [2.05, 4.69) is 26.2 Å². The van der Waals surface area contributed by atoms with Crippen LogP contribution < -0.4 is 5.32 Å². The minimum atomic E-state index is -3.56. The van der Waals surface area contributed by atoms with Crippen molar-refractivity contribution in [1.82, 2.24) is 9.29 Å². The number of pyridine rings is 1. The van der Waals surface area contributed by atoms with Gasteiger partial charge in [-0.05, 0) is 59.5 Å². The lowest BCUT2D eigenvalue weighted by Crippen LogP contribution is -2.36. The third-order valence-corrected chi connectivity index (χ3v) is 6.82. The Morgan fingerprint density at radius 3 is 2.58 bits per heavy atom. The number of rotatable bonds is 4. The van der Waals surface area contributed by atoms with Gasteiger partial charge in [0.05, 0.1) is 10.5 Å². The van der Waals surface area contributed by atoms with Crippen molar-refractivity contribution < 1.29 is 13.2 Å². The number of aryl methyl sites for hydroxylation is 1. The average molecular weight is 438 g/mol. The summed E-state index contributed by atoms with van der Waals surface area (Å²) >= 11 is 3.28. The number of benzene rings is 1. The van der Waals surface area contributed by atoms with Gasteiger partial charge in [0.25, 0.3) is 5.91 Å². The molecule has 2 aromatic rings. The Morgan fingerprint density at radius 1 is 1.15 bits per heavy atom. The molecule has 1 aliphatic rings. The highest BCUT2D eigenvalue weighted by Crippen LogP contribution is 2.26. The van der Waals surface area contributed by atoms with E-state index in [1.807, 2.05) is 0 Å². The number of aromatic nitrogens is 1. The summed E-state index contributed by atoms with van der Waals surface area (Å²) in [6, 6.07) is 6.60. The summed E-state index contributed by atoms with van der Waals surface area (Å²) in [7, 11) is -3.56. The molecule has 1 N–H and O–H groups in total. The van der Waals surface area contributed by atoms with Crippen LogP contribution in [0.4, 0.5) is 5.69 Å². The molecule has 6 nitrogen and oxygen atoms in total. The molecule has 1 saturated heterocycles. The molecule has 0 atom stereocenters. The summed E-state index contributed by atoms with van der Waals surface area (Å²) in [5.74, 6) is -0.344. The Balaban J connectivity index is 1.86. The second-order valence-electron chi connectivity index (χ2n) is 6.29. The molecule has 1 aromatic carbocycles. The third kappa shape index (κ3) is 4.13. The number of hydrogen-bond acceptors (Lipinski definition) is 4. The van der Waals surface area contributed by atoms with Gasteiger partial charge in [-0.3, -0.25) is 9.78 Å². The molecule has 0 unspecified atom stereocenters. The maximum Gasteiger partial charge on any atom is 0.257 e. The van der Waals surface area contributed by atoms with Gasteiger partial charge in [0, 0.05) is 35.6 Å². The van der Waals surface area contributed by atoms with Crippen LogP contribution in [0.15, 0.2) is 46.0 Å². The van der Waals surface area contributed by atoms with E-state index in [4.69, 9.17) is 0 Å². The molecule has 1 amide bonds. The van der Waals surface area contributed by atoms with E-state index in [1.165, 1.54) is 16.6 Å².